The fraction of sp³-hybridized carbons (Fsp3) is 0.923. The summed E-state index contributed by atoms with van der Waals surface area (Å²) in [4.78, 5) is 14.1. The van der Waals surface area contributed by atoms with Gasteiger partial charge in [-0.1, -0.05) is 0 Å². The van der Waals surface area contributed by atoms with Gasteiger partial charge in [-0.2, -0.15) is 0 Å². The molecule has 1 rings (SSSR count). The fourth-order valence-corrected chi connectivity index (χ4v) is 1.84. The highest BCUT2D eigenvalue weighted by molar-refractivity contribution is 5.75. The summed E-state index contributed by atoms with van der Waals surface area (Å²) in [6.07, 6.45) is 2.07. The molecule has 1 heterocycles. The number of esters is 1. The van der Waals surface area contributed by atoms with Gasteiger partial charge in [0, 0.05) is 19.1 Å². The molecule has 3 nitrogen and oxygen atoms in total. The molecule has 1 fully saturated rings. The average Bonchev–Trinajstić information content (AvgIpc) is 2.17. The summed E-state index contributed by atoms with van der Waals surface area (Å²) < 4.78 is 5.52. The minimum atomic E-state index is -0.380. The number of nitrogens with zero attached hydrogens (tertiary/aromatic N) is 1. The van der Waals surface area contributed by atoms with Crippen molar-refractivity contribution in [2.24, 2.45) is 5.41 Å². The van der Waals surface area contributed by atoms with E-state index >= 15 is 0 Å². The molecule has 0 bridgehead atoms. The largest absolute Gasteiger partial charge is 0.462 e. The maximum atomic E-state index is 11.7. The van der Waals surface area contributed by atoms with Gasteiger partial charge in [-0.15, -0.1) is 0 Å². The van der Waals surface area contributed by atoms with E-state index in [1.165, 1.54) is 0 Å². The lowest BCUT2D eigenvalue weighted by molar-refractivity contribution is -0.160. The molecule has 3 heteroatoms. The summed E-state index contributed by atoms with van der Waals surface area (Å²) in [5.74, 6) is -0.0736. The zero-order valence-corrected chi connectivity index (χ0v) is 11.2. The Hall–Kier alpha value is -0.570. The molecule has 16 heavy (non-hydrogen) atoms. The van der Waals surface area contributed by atoms with Crippen LogP contribution in [0.4, 0.5) is 0 Å². The molecule has 0 saturated carbocycles. The molecule has 0 unspecified atom stereocenters. The molecule has 0 aromatic rings. The van der Waals surface area contributed by atoms with Gasteiger partial charge in [0.2, 0.25) is 0 Å². The van der Waals surface area contributed by atoms with Gasteiger partial charge in [0.15, 0.2) is 0 Å². The number of ether oxygens (including phenoxy) is 1. The number of rotatable bonds is 2. The van der Waals surface area contributed by atoms with Gasteiger partial charge >= 0.3 is 5.97 Å². The molecule has 94 valence electrons. The second-order valence-corrected chi connectivity index (χ2v) is 5.98. The number of piperidine rings is 1. The van der Waals surface area contributed by atoms with Gasteiger partial charge in [0.25, 0.3) is 0 Å². The molecule has 0 atom stereocenters. The van der Waals surface area contributed by atoms with E-state index < -0.39 is 0 Å². The Labute approximate surface area is 99.1 Å². The first-order chi connectivity index (χ1) is 7.30. The Balaban J connectivity index is 2.35. The lowest BCUT2D eigenvalue weighted by Crippen LogP contribution is -2.42. The van der Waals surface area contributed by atoms with Crippen LogP contribution in [0.15, 0.2) is 0 Å². The molecule has 1 aliphatic heterocycles. The fourth-order valence-electron chi connectivity index (χ4n) is 1.84. The number of hydrogen-bond acceptors (Lipinski definition) is 3. The zero-order chi connectivity index (χ0) is 12.3. The van der Waals surface area contributed by atoms with Gasteiger partial charge < -0.3 is 9.64 Å². The van der Waals surface area contributed by atoms with Crippen molar-refractivity contribution in [3.63, 3.8) is 0 Å². The molecule has 0 radical (unpaired) electrons. The van der Waals surface area contributed by atoms with E-state index in [-0.39, 0.29) is 17.5 Å². The third-order valence-corrected chi connectivity index (χ3v) is 3.09. The van der Waals surface area contributed by atoms with Crippen LogP contribution in [0.1, 0.15) is 47.5 Å². The number of carbonyl (C=O) groups is 1. The maximum Gasteiger partial charge on any atom is 0.311 e. The quantitative estimate of drug-likeness (QED) is 0.679. The van der Waals surface area contributed by atoms with Crippen molar-refractivity contribution < 1.29 is 9.53 Å². The third-order valence-electron chi connectivity index (χ3n) is 3.09. The molecule has 0 aliphatic carbocycles. The zero-order valence-electron chi connectivity index (χ0n) is 11.2. The van der Waals surface area contributed by atoms with E-state index in [1.54, 1.807) is 0 Å². The highest BCUT2D eigenvalue weighted by Gasteiger charge is 2.28. The van der Waals surface area contributed by atoms with Crippen LogP contribution in [0.3, 0.4) is 0 Å². The molecule has 1 saturated heterocycles. The van der Waals surface area contributed by atoms with Crippen LogP contribution in [0.2, 0.25) is 0 Å². The Kier molecular flexibility index (Phi) is 4.36. The van der Waals surface area contributed by atoms with Crippen molar-refractivity contribution in [2.75, 3.05) is 13.1 Å². The normalized spacial score (nSPS) is 20.1. The van der Waals surface area contributed by atoms with Crippen LogP contribution in [0.25, 0.3) is 0 Å². The van der Waals surface area contributed by atoms with E-state index in [0.29, 0.717) is 6.04 Å². The van der Waals surface area contributed by atoms with Gasteiger partial charge in [0.1, 0.15) is 6.10 Å². The average molecular weight is 227 g/mol. The Bertz CT molecular complexity index is 235. The molecule has 0 amide bonds. The van der Waals surface area contributed by atoms with Crippen molar-refractivity contribution in [3.05, 3.63) is 0 Å². The van der Waals surface area contributed by atoms with Crippen molar-refractivity contribution in [1.29, 1.82) is 0 Å². The van der Waals surface area contributed by atoms with Crippen LogP contribution in [0.5, 0.6) is 0 Å². The van der Waals surface area contributed by atoms with Crippen LogP contribution in [-0.4, -0.2) is 36.1 Å². The first-order valence-corrected chi connectivity index (χ1v) is 6.26. The van der Waals surface area contributed by atoms with Gasteiger partial charge in [-0.25, -0.2) is 0 Å². The van der Waals surface area contributed by atoms with Gasteiger partial charge in [-0.05, 0) is 47.5 Å². The van der Waals surface area contributed by atoms with Crippen LogP contribution >= 0.6 is 0 Å². The third kappa shape index (κ3) is 3.78. The van der Waals surface area contributed by atoms with Crippen molar-refractivity contribution >= 4 is 5.97 Å². The van der Waals surface area contributed by atoms with Crippen molar-refractivity contribution in [1.82, 2.24) is 4.90 Å². The first kappa shape index (κ1) is 13.5. The van der Waals surface area contributed by atoms with E-state index in [4.69, 9.17) is 4.74 Å². The Morgan fingerprint density at radius 3 is 2.12 bits per heavy atom. The second kappa shape index (κ2) is 5.17. The molecule has 0 spiro atoms. The van der Waals surface area contributed by atoms with Crippen molar-refractivity contribution in [3.8, 4) is 0 Å². The summed E-state index contributed by atoms with van der Waals surface area (Å²) in [5, 5.41) is 0. The standard InChI is InChI=1S/C13H25NO2/c1-10(2)14-8-6-11(7-9-14)16-12(15)13(3,4)5/h10-11H,6-9H2,1-5H3. The lowest BCUT2D eigenvalue weighted by atomic mass is 9.97. The van der Waals surface area contributed by atoms with E-state index in [2.05, 4.69) is 18.7 Å². The van der Waals surface area contributed by atoms with E-state index in [0.717, 1.165) is 25.9 Å². The van der Waals surface area contributed by atoms with E-state index in [1.807, 2.05) is 20.8 Å². The number of hydrogen-bond donors (Lipinski definition) is 0. The molecule has 0 aromatic heterocycles. The van der Waals surface area contributed by atoms with E-state index in [9.17, 15) is 4.79 Å². The van der Waals surface area contributed by atoms with Gasteiger partial charge in [-0.3, -0.25) is 4.79 Å². The topological polar surface area (TPSA) is 29.5 Å². The van der Waals surface area contributed by atoms with Crippen LogP contribution in [0, 0.1) is 5.41 Å². The molecular weight excluding hydrogens is 202 g/mol. The molecule has 0 N–H and O–H groups in total. The molecular formula is C13H25NO2. The number of carbonyl (C=O) groups excluding carboxylic acids is 1. The van der Waals surface area contributed by atoms with Crippen LogP contribution < -0.4 is 0 Å². The molecule has 0 aromatic carbocycles. The highest BCUT2D eigenvalue weighted by Crippen LogP contribution is 2.21. The minimum Gasteiger partial charge on any atom is -0.462 e. The summed E-state index contributed by atoms with van der Waals surface area (Å²) in [6, 6.07) is 0.597. The SMILES string of the molecule is CC(C)N1CCC(OC(=O)C(C)(C)C)CC1. The summed E-state index contributed by atoms with van der Waals surface area (Å²) in [5.41, 5.74) is -0.380. The highest BCUT2D eigenvalue weighted by atomic mass is 16.5. The Morgan fingerprint density at radius 1 is 1.25 bits per heavy atom. The minimum absolute atomic E-state index is 0.0736. The van der Waals surface area contributed by atoms with Crippen molar-refractivity contribution in [2.45, 2.75) is 59.6 Å². The predicted molar refractivity (Wildman–Crippen MR) is 65.3 cm³/mol. The lowest BCUT2D eigenvalue weighted by Gasteiger charge is -2.35. The Morgan fingerprint density at radius 2 is 1.75 bits per heavy atom. The number of likely N-dealkylation sites (tertiary alicyclic amines) is 1. The molecule has 1 aliphatic rings. The van der Waals surface area contributed by atoms with Gasteiger partial charge in [0.05, 0.1) is 5.41 Å². The van der Waals surface area contributed by atoms with Crippen LogP contribution in [-0.2, 0) is 9.53 Å². The smallest absolute Gasteiger partial charge is 0.311 e. The predicted octanol–water partition coefficient (Wildman–Crippen LogP) is 2.45. The second-order valence-electron chi connectivity index (χ2n) is 5.98. The summed E-state index contributed by atoms with van der Waals surface area (Å²) >= 11 is 0. The maximum absolute atomic E-state index is 11.7. The first-order valence-electron chi connectivity index (χ1n) is 6.26. The summed E-state index contributed by atoms with van der Waals surface area (Å²) in [6.45, 7) is 12.2. The monoisotopic (exact) mass is 227 g/mol. The summed E-state index contributed by atoms with van der Waals surface area (Å²) in [7, 11) is 0.